The van der Waals surface area contributed by atoms with Gasteiger partial charge in [-0.2, -0.15) is 0 Å². The lowest BCUT2D eigenvalue weighted by atomic mass is 9.67. The third-order valence-electron chi connectivity index (χ3n) is 6.34. The number of thioether (sulfide) groups is 1. The normalized spacial score (nSPS) is 23.2. The molecule has 2 aliphatic rings. The largest absolute Gasteiger partial charge is 0.325 e. The smallest absolute Gasteiger partial charge is 0.323 e. The zero-order valence-electron chi connectivity index (χ0n) is 19.1. The molecule has 2 fully saturated rings. The van der Waals surface area contributed by atoms with Crippen LogP contribution in [0.1, 0.15) is 52.0 Å². The number of hydrogen-bond acceptors (Lipinski definition) is 5. The molecular formula is C23H32N4O4S. The third kappa shape index (κ3) is 5.62. The fourth-order valence-corrected chi connectivity index (χ4v) is 4.98. The summed E-state index contributed by atoms with van der Waals surface area (Å²) in [6.45, 7) is 8.13. The maximum atomic E-state index is 13.0. The van der Waals surface area contributed by atoms with Crippen molar-refractivity contribution < 1.29 is 19.2 Å². The van der Waals surface area contributed by atoms with Gasteiger partial charge in [0.2, 0.25) is 5.91 Å². The number of urea groups is 1. The van der Waals surface area contributed by atoms with Crippen molar-refractivity contribution in [3.63, 3.8) is 0 Å². The number of carbonyl (C=O) groups excluding carboxylic acids is 4. The van der Waals surface area contributed by atoms with Crippen LogP contribution in [-0.2, 0) is 14.4 Å². The topological polar surface area (TPSA) is 108 Å². The van der Waals surface area contributed by atoms with Crippen LogP contribution in [0, 0.1) is 18.3 Å². The average Bonchev–Trinajstić information content (AvgIpc) is 2.95. The molecule has 1 aliphatic heterocycles. The quantitative estimate of drug-likeness (QED) is 0.356. The molecule has 1 saturated heterocycles. The summed E-state index contributed by atoms with van der Waals surface area (Å²) in [6, 6.07) is 7.22. The molecule has 32 heavy (non-hydrogen) atoms. The molecule has 0 unspecified atom stereocenters. The Kier molecular flexibility index (Phi) is 7.17. The van der Waals surface area contributed by atoms with E-state index in [0.29, 0.717) is 18.8 Å². The minimum atomic E-state index is -0.910. The van der Waals surface area contributed by atoms with Crippen molar-refractivity contribution >= 4 is 35.5 Å². The Morgan fingerprint density at radius 2 is 1.69 bits per heavy atom. The summed E-state index contributed by atoms with van der Waals surface area (Å²) in [7, 11) is 0. The Hall–Kier alpha value is -2.55. The number of carbonyl (C=O) groups is 4. The van der Waals surface area contributed by atoms with Gasteiger partial charge >= 0.3 is 6.03 Å². The maximum absolute atomic E-state index is 13.0. The molecule has 9 heteroatoms. The summed E-state index contributed by atoms with van der Waals surface area (Å²) in [4.78, 5) is 51.5. The van der Waals surface area contributed by atoms with Crippen molar-refractivity contribution in [1.82, 2.24) is 21.1 Å². The molecule has 0 bridgehead atoms. The van der Waals surface area contributed by atoms with Crippen molar-refractivity contribution in [2.75, 3.05) is 12.3 Å². The first-order valence-electron chi connectivity index (χ1n) is 10.9. The van der Waals surface area contributed by atoms with Crippen molar-refractivity contribution in [3.8, 4) is 0 Å². The van der Waals surface area contributed by atoms with Gasteiger partial charge in [0.25, 0.3) is 11.8 Å². The van der Waals surface area contributed by atoms with E-state index in [4.69, 9.17) is 0 Å². The van der Waals surface area contributed by atoms with E-state index in [-0.39, 0.29) is 23.0 Å². The number of imide groups is 1. The first-order valence-corrected chi connectivity index (χ1v) is 11.9. The van der Waals surface area contributed by atoms with E-state index in [9.17, 15) is 19.2 Å². The van der Waals surface area contributed by atoms with E-state index in [0.717, 1.165) is 28.2 Å². The van der Waals surface area contributed by atoms with E-state index in [1.165, 1.54) is 11.8 Å². The van der Waals surface area contributed by atoms with Gasteiger partial charge in [-0.1, -0.05) is 38.5 Å². The Morgan fingerprint density at radius 3 is 2.28 bits per heavy atom. The molecule has 174 valence electrons. The van der Waals surface area contributed by atoms with Crippen molar-refractivity contribution in [1.29, 1.82) is 0 Å². The van der Waals surface area contributed by atoms with Crippen LogP contribution in [0.4, 0.5) is 4.79 Å². The fourth-order valence-electron chi connectivity index (χ4n) is 4.28. The van der Waals surface area contributed by atoms with E-state index >= 15 is 0 Å². The van der Waals surface area contributed by atoms with Gasteiger partial charge in [0.1, 0.15) is 12.1 Å². The number of aryl methyl sites for hydroxylation is 1. The Bertz CT molecular complexity index is 886. The van der Waals surface area contributed by atoms with Crippen LogP contribution >= 0.6 is 11.8 Å². The lowest BCUT2D eigenvalue weighted by molar-refractivity contribution is -0.137. The minimum absolute atomic E-state index is 0.129. The highest BCUT2D eigenvalue weighted by Gasteiger charge is 2.53. The third-order valence-corrected chi connectivity index (χ3v) is 7.36. The molecule has 3 rings (SSSR count). The molecule has 1 aromatic rings. The summed E-state index contributed by atoms with van der Waals surface area (Å²) >= 11 is 1.35. The zero-order chi connectivity index (χ0) is 23.5. The van der Waals surface area contributed by atoms with Crippen LogP contribution in [-0.4, -0.2) is 46.5 Å². The Labute approximate surface area is 193 Å². The van der Waals surface area contributed by atoms with E-state index < -0.39 is 24.0 Å². The van der Waals surface area contributed by atoms with E-state index in [1.54, 1.807) is 0 Å². The number of nitrogens with one attached hydrogen (secondary N) is 3. The van der Waals surface area contributed by atoms with Crippen LogP contribution < -0.4 is 16.2 Å². The van der Waals surface area contributed by atoms with Gasteiger partial charge in [-0.05, 0) is 56.1 Å². The van der Waals surface area contributed by atoms with Gasteiger partial charge in [-0.15, -0.1) is 11.8 Å². The van der Waals surface area contributed by atoms with Crippen LogP contribution in [0.5, 0.6) is 0 Å². The van der Waals surface area contributed by atoms with Gasteiger partial charge in [-0.25, -0.2) is 4.79 Å². The highest BCUT2D eigenvalue weighted by atomic mass is 32.2. The number of benzene rings is 1. The maximum Gasteiger partial charge on any atom is 0.325 e. The molecule has 1 aliphatic carbocycles. The summed E-state index contributed by atoms with van der Waals surface area (Å²) in [5.74, 6) is -0.736. The second-order valence-electron chi connectivity index (χ2n) is 9.74. The van der Waals surface area contributed by atoms with Crippen molar-refractivity contribution in [3.05, 3.63) is 29.8 Å². The van der Waals surface area contributed by atoms with Crippen molar-refractivity contribution in [2.24, 2.45) is 11.3 Å². The number of hydrogen-bond donors (Lipinski definition) is 3. The van der Waals surface area contributed by atoms with Gasteiger partial charge < -0.3 is 5.32 Å². The predicted molar refractivity (Wildman–Crippen MR) is 123 cm³/mol. The summed E-state index contributed by atoms with van der Waals surface area (Å²) < 4.78 is 0. The van der Waals surface area contributed by atoms with Gasteiger partial charge in [0.05, 0.1) is 5.75 Å². The zero-order valence-corrected chi connectivity index (χ0v) is 19.9. The molecule has 5 amide bonds. The molecule has 0 atom stereocenters. The SMILES string of the molecule is Cc1ccc(SCC(=O)NNC(=O)CN2C(=O)NC3(CCC(C(C)(C)C)CC3)C2=O)cc1. The predicted octanol–water partition coefficient (Wildman–Crippen LogP) is 2.76. The van der Waals surface area contributed by atoms with Gasteiger partial charge in [0.15, 0.2) is 0 Å². The molecule has 3 N–H and O–H groups in total. The summed E-state index contributed by atoms with van der Waals surface area (Å²) in [5, 5.41) is 2.82. The molecular weight excluding hydrogens is 428 g/mol. The first-order chi connectivity index (χ1) is 15.0. The Morgan fingerprint density at radius 1 is 1.09 bits per heavy atom. The number of nitrogens with zero attached hydrogens (tertiary/aromatic N) is 1. The highest BCUT2D eigenvalue weighted by Crippen LogP contribution is 2.43. The minimum Gasteiger partial charge on any atom is -0.323 e. The summed E-state index contributed by atoms with van der Waals surface area (Å²) in [6.07, 6.45) is 2.85. The summed E-state index contributed by atoms with van der Waals surface area (Å²) in [5.41, 5.74) is 5.00. The molecule has 1 heterocycles. The monoisotopic (exact) mass is 460 g/mol. The number of rotatable bonds is 5. The molecule has 1 spiro atoms. The highest BCUT2D eigenvalue weighted by molar-refractivity contribution is 8.00. The average molecular weight is 461 g/mol. The molecule has 8 nitrogen and oxygen atoms in total. The molecule has 0 aromatic heterocycles. The fraction of sp³-hybridized carbons (Fsp3) is 0.565. The second kappa shape index (κ2) is 9.52. The molecule has 1 aromatic carbocycles. The first kappa shape index (κ1) is 24.1. The van der Waals surface area contributed by atoms with Crippen molar-refractivity contribution in [2.45, 2.75) is 63.8 Å². The van der Waals surface area contributed by atoms with Crippen LogP contribution in [0.25, 0.3) is 0 Å². The number of hydrazine groups is 1. The molecule has 1 saturated carbocycles. The Balaban J connectivity index is 1.45. The van der Waals surface area contributed by atoms with Crippen LogP contribution in [0.3, 0.4) is 0 Å². The standard InChI is InChI=1S/C23H32N4O4S/c1-15-5-7-17(8-6-15)32-14-19(29)26-25-18(28)13-27-20(30)23(24-21(27)31)11-9-16(10-12-23)22(2,3)4/h5-8,16H,9-14H2,1-4H3,(H,24,31)(H,25,28)(H,26,29). The lowest BCUT2D eigenvalue weighted by Gasteiger charge is -2.40. The van der Waals surface area contributed by atoms with Gasteiger partial charge in [0, 0.05) is 4.90 Å². The molecule has 0 radical (unpaired) electrons. The van der Waals surface area contributed by atoms with Crippen LogP contribution in [0.2, 0.25) is 0 Å². The second-order valence-corrected chi connectivity index (χ2v) is 10.8. The van der Waals surface area contributed by atoms with E-state index in [2.05, 4.69) is 36.9 Å². The number of amides is 5. The van der Waals surface area contributed by atoms with Gasteiger partial charge in [-0.3, -0.25) is 30.1 Å². The van der Waals surface area contributed by atoms with Crippen LogP contribution in [0.15, 0.2) is 29.2 Å². The van der Waals surface area contributed by atoms with E-state index in [1.807, 2.05) is 31.2 Å². The lowest BCUT2D eigenvalue weighted by Crippen LogP contribution is -2.51.